The molecule has 11 aromatic rings. The monoisotopic (exact) mass is 916 g/mol. The summed E-state index contributed by atoms with van der Waals surface area (Å²) in [5.74, 6) is 0. The van der Waals surface area contributed by atoms with E-state index in [2.05, 4.69) is 259 Å². The van der Waals surface area contributed by atoms with Crippen molar-refractivity contribution in [2.75, 3.05) is 9.80 Å². The summed E-state index contributed by atoms with van der Waals surface area (Å²) >= 11 is 2.07. The molecule has 3 heterocycles. The van der Waals surface area contributed by atoms with Crippen molar-refractivity contribution >= 4 is 67.9 Å². The van der Waals surface area contributed by atoms with Gasteiger partial charge in [0.15, 0.2) is 0 Å². The standard InChI is InChI=1S/C67H41BN2S/c1-40-35-36-47-45-25-8-13-28-50(45)66(55(47)37-40)51-29-14-11-26-46(51)49-38-60-57(39-56(49)66)68-62-58(69(60)41-19-4-2-5-20-41)33-18-34-59(62)70(42-21-6-3-7-22-42)63-61-48-27-12-17-32-54(48)67(64(61)71-65(63)68)52-30-15-9-23-43(52)44-24-10-16-31-53(44)67/h2-39H,1H3. The molecule has 0 bridgehead atoms. The Bertz CT molecular complexity index is 4120. The SMILES string of the molecule is Cc1ccc2c(c1)C1(c3ccccc3-2)c2ccccc2-c2cc3c(cc21)B1c2sc4c(c2N(c2ccccc2)c2cccc(c21)N3c1ccccc1)-c1ccccc1C41c2ccccc2-c2ccccc21. The second kappa shape index (κ2) is 13.5. The molecule has 0 saturated carbocycles. The van der Waals surface area contributed by atoms with Crippen LogP contribution in [0.25, 0.3) is 44.5 Å². The molecule has 17 rings (SSSR count). The van der Waals surface area contributed by atoms with E-state index in [1.54, 1.807) is 0 Å². The first-order chi connectivity index (χ1) is 35.2. The lowest BCUT2D eigenvalue weighted by molar-refractivity contribution is 0.793. The van der Waals surface area contributed by atoms with Crippen LogP contribution in [0.15, 0.2) is 231 Å². The van der Waals surface area contributed by atoms with Gasteiger partial charge in [-0.3, -0.25) is 0 Å². The molecule has 0 amide bonds. The third-order valence-electron chi connectivity index (χ3n) is 17.1. The summed E-state index contributed by atoms with van der Waals surface area (Å²) in [5.41, 5.74) is 30.6. The molecule has 6 aliphatic rings. The highest BCUT2D eigenvalue weighted by atomic mass is 32.1. The van der Waals surface area contributed by atoms with E-state index < -0.39 is 10.8 Å². The quantitative estimate of drug-likeness (QED) is 0.159. The molecule has 0 saturated heterocycles. The number of thiophene rings is 1. The zero-order chi connectivity index (χ0) is 46.3. The molecule has 1 unspecified atom stereocenters. The minimum absolute atomic E-state index is 0.0579. The fourth-order valence-electron chi connectivity index (χ4n) is 14.6. The Morgan fingerprint density at radius 3 is 1.44 bits per heavy atom. The first-order valence-electron chi connectivity index (χ1n) is 25.0. The Morgan fingerprint density at radius 1 is 0.366 bits per heavy atom. The van der Waals surface area contributed by atoms with Gasteiger partial charge in [-0.25, -0.2) is 0 Å². The van der Waals surface area contributed by atoms with Gasteiger partial charge in [-0.05, 0) is 138 Å². The van der Waals surface area contributed by atoms with Crippen LogP contribution in [0, 0.1) is 6.92 Å². The molecule has 71 heavy (non-hydrogen) atoms. The number of para-hydroxylation sites is 2. The molecule has 328 valence electrons. The van der Waals surface area contributed by atoms with E-state index in [1.807, 2.05) is 0 Å². The van der Waals surface area contributed by atoms with Crippen LogP contribution < -0.4 is 25.5 Å². The van der Waals surface area contributed by atoms with Gasteiger partial charge in [-0.15, -0.1) is 11.3 Å². The second-order valence-corrected chi connectivity index (χ2v) is 21.3. The Balaban J connectivity index is 1.03. The van der Waals surface area contributed by atoms with Gasteiger partial charge in [-0.2, -0.15) is 0 Å². The van der Waals surface area contributed by atoms with Crippen molar-refractivity contribution in [3.63, 3.8) is 0 Å². The zero-order valence-corrected chi connectivity index (χ0v) is 39.6. The van der Waals surface area contributed by atoms with Crippen LogP contribution in [-0.2, 0) is 10.8 Å². The summed E-state index contributed by atoms with van der Waals surface area (Å²) in [5, 5.41) is 0. The van der Waals surface area contributed by atoms with E-state index in [1.165, 1.54) is 138 Å². The van der Waals surface area contributed by atoms with Gasteiger partial charge in [0.1, 0.15) is 0 Å². The fourth-order valence-corrected chi connectivity index (χ4v) is 16.3. The highest BCUT2D eigenvalue weighted by molar-refractivity contribution is 7.30. The minimum atomic E-state index is -0.485. The van der Waals surface area contributed by atoms with Crippen LogP contribution in [0.4, 0.5) is 34.1 Å². The molecule has 2 nitrogen and oxygen atoms in total. The molecule has 0 N–H and O–H groups in total. The maximum atomic E-state index is 2.69. The predicted molar refractivity (Wildman–Crippen MR) is 296 cm³/mol. The molecule has 0 fully saturated rings. The van der Waals surface area contributed by atoms with Crippen molar-refractivity contribution in [2.45, 2.75) is 17.8 Å². The lowest BCUT2D eigenvalue weighted by atomic mass is 9.36. The molecule has 1 atom stereocenters. The first kappa shape index (κ1) is 38.4. The number of rotatable bonds is 2. The second-order valence-electron chi connectivity index (χ2n) is 20.2. The van der Waals surface area contributed by atoms with Gasteiger partial charge in [0.2, 0.25) is 0 Å². The van der Waals surface area contributed by atoms with E-state index in [0.29, 0.717) is 0 Å². The minimum Gasteiger partial charge on any atom is -0.311 e. The molecule has 1 aromatic heterocycles. The Kier molecular flexibility index (Phi) is 7.28. The molecule has 2 aliphatic heterocycles. The lowest BCUT2D eigenvalue weighted by Crippen LogP contribution is -2.60. The third kappa shape index (κ3) is 4.45. The normalized spacial score (nSPS) is 16.6. The van der Waals surface area contributed by atoms with Crippen LogP contribution in [0.1, 0.15) is 49.4 Å². The van der Waals surface area contributed by atoms with Crippen LogP contribution in [0.5, 0.6) is 0 Å². The number of fused-ring (bicyclic) bond motifs is 25. The Morgan fingerprint density at radius 2 is 0.831 bits per heavy atom. The number of hydrogen-bond donors (Lipinski definition) is 0. The number of nitrogens with zero attached hydrogens (tertiary/aromatic N) is 2. The molecule has 0 radical (unpaired) electrons. The molecule has 4 heteroatoms. The van der Waals surface area contributed by atoms with Crippen LogP contribution in [0.2, 0.25) is 0 Å². The van der Waals surface area contributed by atoms with Crippen molar-refractivity contribution in [3.8, 4) is 44.5 Å². The van der Waals surface area contributed by atoms with Crippen LogP contribution in [0.3, 0.4) is 0 Å². The average Bonchev–Trinajstić information content (AvgIpc) is 4.20. The smallest absolute Gasteiger partial charge is 0.264 e. The zero-order valence-electron chi connectivity index (χ0n) is 38.8. The molecular formula is C67H41BN2S. The summed E-state index contributed by atoms with van der Waals surface area (Å²) in [7, 11) is 0. The van der Waals surface area contributed by atoms with Gasteiger partial charge >= 0.3 is 0 Å². The van der Waals surface area contributed by atoms with E-state index in [-0.39, 0.29) is 6.71 Å². The molecule has 4 aliphatic carbocycles. The van der Waals surface area contributed by atoms with Crippen LogP contribution in [-0.4, -0.2) is 6.71 Å². The highest BCUT2D eigenvalue weighted by Crippen LogP contribution is 2.68. The fraction of sp³-hybridized carbons (Fsp3) is 0.0448. The number of anilines is 6. The third-order valence-corrected chi connectivity index (χ3v) is 18.5. The first-order valence-corrected chi connectivity index (χ1v) is 25.8. The van der Waals surface area contributed by atoms with Crippen molar-refractivity contribution in [2.24, 2.45) is 0 Å². The molecule has 2 spiro atoms. The van der Waals surface area contributed by atoms with Crippen molar-refractivity contribution < 1.29 is 0 Å². The van der Waals surface area contributed by atoms with Crippen molar-refractivity contribution in [1.29, 1.82) is 0 Å². The molecule has 10 aromatic carbocycles. The van der Waals surface area contributed by atoms with E-state index in [0.717, 1.165) is 5.69 Å². The largest absolute Gasteiger partial charge is 0.311 e. The van der Waals surface area contributed by atoms with Crippen LogP contribution >= 0.6 is 11.3 Å². The Hall–Kier alpha value is -8.44. The Labute approximate surface area is 417 Å². The number of aryl methyl sites for hydroxylation is 1. The lowest BCUT2D eigenvalue weighted by Gasteiger charge is -2.44. The van der Waals surface area contributed by atoms with Gasteiger partial charge in [0.05, 0.1) is 16.5 Å². The van der Waals surface area contributed by atoms with Gasteiger partial charge in [0, 0.05) is 43.7 Å². The van der Waals surface area contributed by atoms with E-state index >= 15 is 0 Å². The van der Waals surface area contributed by atoms with Crippen molar-refractivity contribution in [1.82, 2.24) is 0 Å². The number of hydrogen-bond acceptors (Lipinski definition) is 3. The highest BCUT2D eigenvalue weighted by Gasteiger charge is 2.58. The van der Waals surface area contributed by atoms with Gasteiger partial charge < -0.3 is 9.80 Å². The summed E-state index contributed by atoms with van der Waals surface area (Å²) in [4.78, 5) is 6.63. The summed E-state index contributed by atoms with van der Waals surface area (Å²) < 4.78 is 1.40. The van der Waals surface area contributed by atoms with E-state index in [9.17, 15) is 0 Å². The predicted octanol–water partition coefficient (Wildman–Crippen LogP) is 14.8. The average molecular weight is 917 g/mol. The topological polar surface area (TPSA) is 6.48 Å². The summed E-state index contributed by atoms with van der Waals surface area (Å²) in [6.45, 7) is 2.20. The summed E-state index contributed by atoms with van der Waals surface area (Å²) in [6.07, 6.45) is 0. The van der Waals surface area contributed by atoms with Crippen molar-refractivity contribution in [3.05, 3.63) is 280 Å². The maximum absolute atomic E-state index is 2.69. The van der Waals surface area contributed by atoms with Gasteiger partial charge in [0.25, 0.3) is 6.71 Å². The number of benzene rings is 10. The van der Waals surface area contributed by atoms with Gasteiger partial charge in [-0.1, -0.05) is 194 Å². The van der Waals surface area contributed by atoms with E-state index in [4.69, 9.17) is 0 Å². The maximum Gasteiger partial charge on any atom is 0.264 e. The molecular weight excluding hydrogens is 876 g/mol. The summed E-state index contributed by atoms with van der Waals surface area (Å²) in [6, 6.07) is 88.1.